The van der Waals surface area contributed by atoms with Gasteiger partial charge in [-0.2, -0.15) is 0 Å². The third kappa shape index (κ3) is 2.21. The molecule has 0 fully saturated rings. The number of benzene rings is 5. The molecule has 2 aromatic heterocycles. The lowest BCUT2D eigenvalue weighted by molar-refractivity contribution is -0.946. The summed E-state index contributed by atoms with van der Waals surface area (Å²) in [5.74, 6) is 0.539. The summed E-state index contributed by atoms with van der Waals surface area (Å²) in [5, 5.41) is 2.74. The Morgan fingerprint density at radius 3 is 2.13 bits per heavy atom. The number of pyridine rings is 2. The highest BCUT2D eigenvalue weighted by Gasteiger charge is 2.75. The molecule has 4 aliphatic carbocycles. The van der Waals surface area contributed by atoms with Gasteiger partial charge in [0.2, 0.25) is 11.4 Å². The highest BCUT2D eigenvalue weighted by molar-refractivity contribution is 5.87. The maximum atomic E-state index is 2.90. The summed E-state index contributed by atoms with van der Waals surface area (Å²) < 4.78 is 5.76. The Morgan fingerprint density at radius 2 is 1.19 bits per heavy atom. The molecule has 5 heterocycles. The second-order valence-electron chi connectivity index (χ2n) is 15.1. The molecule has 0 bridgehead atoms. The van der Waals surface area contributed by atoms with E-state index in [1.54, 1.807) is 44.6 Å². The molecule has 3 aliphatic heterocycles. The smallest absolute Gasteiger partial charge is 0.116 e. The lowest BCUT2D eigenvalue weighted by Crippen LogP contribution is -2.78. The molecule has 2 heteroatoms. The van der Waals surface area contributed by atoms with Crippen LogP contribution in [0.25, 0.3) is 22.2 Å². The highest BCUT2D eigenvalue weighted by atomic mass is 15.4. The number of hydrogen-bond acceptors (Lipinski definition) is 0. The number of rotatable bonds is 0. The number of nitrogens with zero attached hydrogens (tertiary/aromatic N) is 2. The average Bonchev–Trinajstić information content (AvgIpc) is 3.41. The lowest BCUT2D eigenvalue weighted by Gasteiger charge is -2.47. The second-order valence-corrected chi connectivity index (χ2v) is 15.1. The van der Waals surface area contributed by atoms with E-state index >= 15 is 0 Å². The van der Waals surface area contributed by atoms with Crippen molar-refractivity contribution in [1.29, 1.82) is 0 Å². The topological polar surface area (TPSA) is 7.76 Å². The van der Waals surface area contributed by atoms with Crippen LogP contribution in [0.3, 0.4) is 0 Å². The van der Waals surface area contributed by atoms with Crippen molar-refractivity contribution in [2.24, 2.45) is 0 Å². The third-order valence-corrected chi connectivity index (χ3v) is 13.3. The Balaban J connectivity index is 1.29. The van der Waals surface area contributed by atoms with Crippen molar-refractivity contribution in [3.05, 3.63) is 198 Å². The summed E-state index contributed by atoms with van der Waals surface area (Å²) >= 11 is 0. The Labute approximate surface area is 272 Å². The average molecular weight is 597 g/mol. The quantitative estimate of drug-likeness (QED) is 0.162. The first-order chi connectivity index (χ1) is 23.3. The number of fused-ring (bicyclic) bond motifs is 6. The lowest BCUT2D eigenvalue weighted by atomic mass is 9.56. The molecular weight excluding hydrogens is 569 g/mol. The van der Waals surface area contributed by atoms with Crippen LogP contribution in [0.2, 0.25) is 0 Å². The predicted octanol–water partition coefficient (Wildman–Crippen LogP) is 7.30. The van der Waals surface area contributed by atoms with Gasteiger partial charge in [-0.15, -0.1) is 9.13 Å². The standard InChI is InChI=1S/C45H28N2/c1-3-12-31-24(8-1)21-36-34-16-15-28-18-25-9-5-10-26-19-30-20-29-17-23-7-2-4-13-32(23)40-33-14-6-11-27-22-35(31)46(36)45(42(27)33)43(38(29)40)39(30)41(37(25)26)44(28)47(34)45/h1-16,20-21,40-41H,17-19,22H2/q+2. The van der Waals surface area contributed by atoms with Crippen molar-refractivity contribution < 1.29 is 9.13 Å². The summed E-state index contributed by atoms with van der Waals surface area (Å²) in [6, 6.07) is 43.1. The van der Waals surface area contributed by atoms with E-state index in [-0.39, 0.29) is 11.8 Å². The molecule has 3 unspecified atom stereocenters. The predicted molar refractivity (Wildman–Crippen MR) is 180 cm³/mol. The van der Waals surface area contributed by atoms with Crippen LogP contribution in [-0.2, 0) is 31.3 Å². The highest BCUT2D eigenvalue weighted by Crippen LogP contribution is 2.62. The van der Waals surface area contributed by atoms with Gasteiger partial charge in [0.25, 0.3) is 11.4 Å². The Morgan fingerprint density at radius 1 is 0.468 bits per heavy atom. The molecular formula is C45H28N2+2. The van der Waals surface area contributed by atoms with Gasteiger partial charge in [0, 0.05) is 35.4 Å². The summed E-state index contributed by atoms with van der Waals surface area (Å²) in [4.78, 5) is 0. The largest absolute Gasteiger partial charge is 0.417 e. The monoisotopic (exact) mass is 596 g/mol. The van der Waals surface area contributed by atoms with Gasteiger partial charge in [-0.05, 0) is 91.6 Å². The first-order valence-corrected chi connectivity index (χ1v) is 17.4. The number of aromatic nitrogens is 2. The fourth-order valence-electron chi connectivity index (χ4n) is 12.0. The van der Waals surface area contributed by atoms with E-state index < -0.39 is 5.66 Å². The Bertz CT molecular complexity index is 2770. The van der Waals surface area contributed by atoms with Crippen LogP contribution in [0.5, 0.6) is 0 Å². The molecule has 47 heavy (non-hydrogen) atoms. The van der Waals surface area contributed by atoms with Crippen molar-refractivity contribution in [2.45, 2.75) is 43.2 Å². The van der Waals surface area contributed by atoms with E-state index in [4.69, 9.17) is 0 Å². The molecule has 216 valence electrons. The second kappa shape index (κ2) is 7.14. The summed E-state index contributed by atoms with van der Waals surface area (Å²) in [5.41, 5.74) is 27.1. The molecule has 0 saturated heterocycles. The van der Waals surface area contributed by atoms with Gasteiger partial charge in [-0.1, -0.05) is 84.9 Å². The van der Waals surface area contributed by atoms with Gasteiger partial charge in [-0.3, -0.25) is 0 Å². The molecule has 0 amide bonds. The SMILES string of the molecule is c1ccc2c(c1)Cc1cc3c4c5c1C2c1cccc2c1C51[n+]5c(ccc6c5C4c4c(cccc4C6)C3)-c3cc4ccccc4c([n+]31)C2. The summed E-state index contributed by atoms with van der Waals surface area (Å²) in [6.07, 6.45) is 4.01. The molecule has 7 aromatic rings. The Hall–Kier alpha value is -5.34. The van der Waals surface area contributed by atoms with Crippen molar-refractivity contribution in [2.75, 3.05) is 0 Å². The third-order valence-electron chi connectivity index (χ3n) is 13.3. The van der Waals surface area contributed by atoms with Gasteiger partial charge >= 0.3 is 5.66 Å². The van der Waals surface area contributed by atoms with Crippen LogP contribution in [0.15, 0.2) is 109 Å². The van der Waals surface area contributed by atoms with Gasteiger partial charge in [0.1, 0.15) is 11.1 Å². The molecule has 3 atom stereocenters. The number of hydrogen-bond donors (Lipinski definition) is 0. The van der Waals surface area contributed by atoms with Crippen molar-refractivity contribution >= 4 is 10.8 Å². The molecule has 7 aliphatic rings. The van der Waals surface area contributed by atoms with E-state index in [9.17, 15) is 0 Å². The minimum Gasteiger partial charge on any atom is -0.116 e. The van der Waals surface area contributed by atoms with Gasteiger partial charge in [-0.25, -0.2) is 0 Å². The van der Waals surface area contributed by atoms with Crippen LogP contribution >= 0.6 is 0 Å². The normalized spacial score (nSPS) is 22.2. The van der Waals surface area contributed by atoms with Crippen molar-refractivity contribution in [3.63, 3.8) is 0 Å². The van der Waals surface area contributed by atoms with E-state index in [2.05, 4.69) is 118 Å². The fourth-order valence-corrected chi connectivity index (χ4v) is 12.0. The minimum atomic E-state index is -0.419. The fraction of sp³-hybridized carbons (Fsp3) is 0.156. The van der Waals surface area contributed by atoms with Gasteiger partial charge in [0.05, 0.1) is 12.3 Å². The molecule has 1 spiro atoms. The zero-order chi connectivity index (χ0) is 29.9. The summed E-state index contributed by atoms with van der Waals surface area (Å²) in [6.45, 7) is 0. The van der Waals surface area contributed by atoms with Crippen molar-refractivity contribution in [3.8, 4) is 11.4 Å². The molecule has 0 radical (unpaired) electrons. The van der Waals surface area contributed by atoms with Gasteiger partial charge < -0.3 is 0 Å². The molecule has 14 rings (SSSR count). The zero-order valence-corrected chi connectivity index (χ0v) is 25.8. The summed E-state index contributed by atoms with van der Waals surface area (Å²) in [7, 11) is 0. The van der Waals surface area contributed by atoms with E-state index in [1.807, 2.05) is 0 Å². The van der Waals surface area contributed by atoms with E-state index in [1.165, 1.54) is 66.8 Å². The van der Waals surface area contributed by atoms with Crippen LogP contribution < -0.4 is 9.13 Å². The van der Waals surface area contributed by atoms with Crippen LogP contribution in [0, 0.1) is 0 Å². The minimum absolute atomic E-state index is 0.261. The molecule has 5 aromatic carbocycles. The Kier molecular flexibility index (Phi) is 3.50. The van der Waals surface area contributed by atoms with Crippen LogP contribution in [-0.4, -0.2) is 0 Å². The van der Waals surface area contributed by atoms with Crippen molar-refractivity contribution in [1.82, 2.24) is 0 Å². The zero-order valence-electron chi connectivity index (χ0n) is 25.8. The maximum Gasteiger partial charge on any atom is 0.417 e. The first-order valence-electron chi connectivity index (χ1n) is 17.4. The first kappa shape index (κ1) is 23.1. The van der Waals surface area contributed by atoms with Crippen LogP contribution in [0.1, 0.15) is 101 Å². The van der Waals surface area contributed by atoms with Crippen LogP contribution in [0.4, 0.5) is 0 Å². The van der Waals surface area contributed by atoms with E-state index in [0.717, 1.165) is 25.7 Å². The molecule has 2 nitrogen and oxygen atoms in total. The van der Waals surface area contributed by atoms with E-state index in [0.29, 0.717) is 0 Å². The molecule has 0 saturated carbocycles. The molecule has 0 N–H and O–H groups in total. The maximum absolute atomic E-state index is 2.90. The van der Waals surface area contributed by atoms with Gasteiger partial charge in [0.15, 0.2) is 0 Å².